The van der Waals surface area contributed by atoms with Gasteiger partial charge in [0.25, 0.3) is 5.91 Å². The van der Waals surface area contributed by atoms with Crippen LogP contribution in [0.15, 0.2) is 18.2 Å². The van der Waals surface area contributed by atoms with Gasteiger partial charge in [0.15, 0.2) is 0 Å². The van der Waals surface area contributed by atoms with Crippen molar-refractivity contribution in [1.82, 2.24) is 9.80 Å². The third-order valence-corrected chi connectivity index (χ3v) is 5.42. The van der Waals surface area contributed by atoms with Gasteiger partial charge in [-0.15, -0.1) is 0 Å². The normalized spacial score (nSPS) is 19.4. The molecule has 0 aromatic heterocycles. The van der Waals surface area contributed by atoms with E-state index < -0.39 is 0 Å². The summed E-state index contributed by atoms with van der Waals surface area (Å²) in [6, 6.07) is 6.02. The van der Waals surface area contributed by atoms with Crippen LogP contribution in [0.4, 0.5) is 0 Å². The van der Waals surface area contributed by atoms with Crippen LogP contribution in [0.3, 0.4) is 0 Å². The molecule has 1 saturated heterocycles. The molecule has 1 saturated carbocycles. The van der Waals surface area contributed by atoms with Crippen molar-refractivity contribution in [2.75, 3.05) is 26.2 Å². The van der Waals surface area contributed by atoms with Gasteiger partial charge in [-0.05, 0) is 44.7 Å². The van der Waals surface area contributed by atoms with Gasteiger partial charge in [0.2, 0.25) is 5.91 Å². The fourth-order valence-corrected chi connectivity index (χ4v) is 3.91. The second-order valence-corrected chi connectivity index (χ2v) is 7.27. The van der Waals surface area contributed by atoms with Crippen molar-refractivity contribution in [3.8, 4) is 0 Å². The Hall–Kier alpha value is -1.84. The van der Waals surface area contributed by atoms with Gasteiger partial charge in [-0.3, -0.25) is 9.59 Å². The molecule has 24 heavy (non-hydrogen) atoms. The standard InChI is InChI=1S/C20H28N2O2/c1-15-8-9-16(2)18(14-15)20(24)22-11-5-10-21(12-13-22)19(23)17-6-3-4-7-17/h8-9,14,17H,3-7,10-13H2,1-2H3. The molecule has 2 fully saturated rings. The van der Waals surface area contributed by atoms with Crippen molar-refractivity contribution in [1.29, 1.82) is 0 Å². The summed E-state index contributed by atoms with van der Waals surface area (Å²) < 4.78 is 0. The zero-order chi connectivity index (χ0) is 17.1. The van der Waals surface area contributed by atoms with Crippen LogP contribution in [0, 0.1) is 19.8 Å². The van der Waals surface area contributed by atoms with Crippen LogP contribution in [0.5, 0.6) is 0 Å². The van der Waals surface area contributed by atoms with Gasteiger partial charge in [0.1, 0.15) is 0 Å². The van der Waals surface area contributed by atoms with E-state index in [4.69, 9.17) is 0 Å². The largest absolute Gasteiger partial charge is 0.341 e. The minimum absolute atomic E-state index is 0.103. The van der Waals surface area contributed by atoms with E-state index in [-0.39, 0.29) is 11.8 Å². The molecule has 1 aliphatic carbocycles. The van der Waals surface area contributed by atoms with Crippen LogP contribution in [0.2, 0.25) is 0 Å². The monoisotopic (exact) mass is 328 g/mol. The smallest absolute Gasteiger partial charge is 0.254 e. The first-order valence-corrected chi connectivity index (χ1v) is 9.21. The third kappa shape index (κ3) is 3.63. The summed E-state index contributed by atoms with van der Waals surface area (Å²) in [6.07, 6.45) is 5.32. The van der Waals surface area contributed by atoms with E-state index >= 15 is 0 Å². The lowest BCUT2D eigenvalue weighted by atomic mass is 10.0. The van der Waals surface area contributed by atoms with Gasteiger partial charge in [-0.25, -0.2) is 0 Å². The predicted octanol–water partition coefficient (Wildman–Crippen LogP) is 3.17. The van der Waals surface area contributed by atoms with Gasteiger partial charge < -0.3 is 9.80 Å². The van der Waals surface area contributed by atoms with Crippen molar-refractivity contribution in [3.05, 3.63) is 34.9 Å². The molecule has 2 amide bonds. The predicted molar refractivity (Wildman–Crippen MR) is 95.0 cm³/mol. The maximum atomic E-state index is 12.9. The van der Waals surface area contributed by atoms with Crippen molar-refractivity contribution in [2.45, 2.75) is 46.0 Å². The van der Waals surface area contributed by atoms with Crippen molar-refractivity contribution in [2.24, 2.45) is 5.92 Å². The molecule has 2 aliphatic rings. The molecule has 3 rings (SSSR count). The molecule has 1 aliphatic heterocycles. The summed E-state index contributed by atoms with van der Waals surface area (Å²) in [5, 5.41) is 0. The van der Waals surface area contributed by atoms with Gasteiger partial charge in [-0.1, -0.05) is 30.5 Å². The van der Waals surface area contributed by atoms with Gasteiger partial charge in [0.05, 0.1) is 0 Å². The van der Waals surface area contributed by atoms with Crippen molar-refractivity contribution >= 4 is 11.8 Å². The number of aryl methyl sites for hydroxylation is 2. The molecule has 0 radical (unpaired) electrons. The molecular weight excluding hydrogens is 300 g/mol. The van der Waals surface area contributed by atoms with E-state index in [9.17, 15) is 9.59 Å². The maximum Gasteiger partial charge on any atom is 0.254 e. The summed E-state index contributed by atoms with van der Waals surface area (Å²) in [5.41, 5.74) is 2.93. The SMILES string of the molecule is Cc1ccc(C)c(C(=O)N2CCCN(C(=O)C3CCCC3)CC2)c1. The average Bonchev–Trinajstić information content (AvgIpc) is 3.00. The molecular formula is C20H28N2O2. The Labute approximate surface area is 144 Å². The summed E-state index contributed by atoms with van der Waals surface area (Å²) in [6.45, 7) is 6.84. The Bertz CT molecular complexity index is 620. The van der Waals surface area contributed by atoms with E-state index in [1.165, 1.54) is 12.8 Å². The molecule has 0 atom stereocenters. The lowest BCUT2D eigenvalue weighted by Gasteiger charge is -2.25. The molecule has 0 unspecified atom stereocenters. The zero-order valence-electron chi connectivity index (χ0n) is 14.9. The van der Waals surface area contributed by atoms with Crippen LogP contribution in [-0.2, 0) is 4.79 Å². The lowest BCUT2D eigenvalue weighted by molar-refractivity contribution is -0.135. The molecule has 130 valence electrons. The van der Waals surface area contributed by atoms with Crippen molar-refractivity contribution in [3.63, 3.8) is 0 Å². The molecule has 1 aromatic rings. The van der Waals surface area contributed by atoms with Gasteiger partial charge in [-0.2, -0.15) is 0 Å². The molecule has 0 bridgehead atoms. The Morgan fingerprint density at radius 1 is 0.917 bits per heavy atom. The average molecular weight is 328 g/mol. The van der Waals surface area contributed by atoms with Crippen LogP contribution < -0.4 is 0 Å². The maximum absolute atomic E-state index is 12.9. The first-order valence-electron chi connectivity index (χ1n) is 9.21. The van der Waals surface area contributed by atoms with Crippen LogP contribution in [0.1, 0.15) is 53.6 Å². The molecule has 1 aromatic carbocycles. The molecule has 0 spiro atoms. The highest BCUT2D eigenvalue weighted by atomic mass is 16.2. The fraction of sp³-hybridized carbons (Fsp3) is 0.600. The van der Waals surface area contributed by atoms with Crippen molar-refractivity contribution < 1.29 is 9.59 Å². The van der Waals surface area contributed by atoms with Crippen LogP contribution in [0.25, 0.3) is 0 Å². The quantitative estimate of drug-likeness (QED) is 0.837. The minimum Gasteiger partial charge on any atom is -0.341 e. The highest BCUT2D eigenvalue weighted by molar-refractivity contribution is 5.96. The minimum atomic E-state index is 0.103. The van der Waals surface area contributed by atoms with E-state index in [1.54, 1.807) is 0 Å². The number of amides is 2. The Kier molecular flexibility index (Phi) is 5.22. The number of hydrogen-bond donors (Lipinski definition) is 0. The number of nitrogens with zero attached hydrogens (tertiary/aromatic N) is 2. The second-order valence-electron chi connectivity index (χ2n) is 7.27. The summed E-state index contributed by atoms with van der Waals surface area (Å²) in [7, 11) is 0. The molecule has 4 nitrogen and oxygen atoms in total. The number of carbonyl (C=O) groups is 2. The highest BCUT2D eigenvalue weighted by Crippen LogP contribution is 2.27. The van der Waals surface area contributed by atoms with E-state index in [2.05, 4.69) is 0 Å². The van der Waals surface area contributed by atoms with E-state index in [0.29, 0.717) is 19.0 Å². The Morgan fingerprint density at radius 3 is 2.33 bits per heavy atom. The Morgan fingerprint density at radius 2 is 1.58 bits per heavy atom. The first-order chi connectivity index (χ1) is 11.6. The second kappa shape index (κ2) is 7.37. The van der Waals surface area contributed by atoms with E-state index in [1.807, 2.05) is 41.8 Å². The Balaban J connectivity index is 1.65. The molecule has 4 heteroatoms. The summed E-state index contributed by atoms with van der Waals surface area (Å²) >= 11 is 0. The van der Waals surface area contributed by atoms with Crippen LogP contribution >= 0.6 is 0 Å². The number of benzene rings is 1. The summed E-state index contributed by atoms with van der Waals surface area (Å²) in [4.78, 5) is 29.4. The van der Waals surface area contributed by atoms with Gasteiger partial charge >= 0.3 is 0 Å². The highest BCUT2D eigenvalue weighted by Gasteiger charge is 2.29. The fourth-order valence-electron chi connectivity index (χ4n) is 3.91. The number of carbonyl (C=O) groups excluding carboxylic acids is 2. The van der Waals surface area contributed by atoms with Crippen LogP contribution in [-0.4, -0.2) is 47.8 Å². The zero-order valence-corrected chi connectivity index (χ0v) is 14.9. The number of rotatable bonds is 2. The summed E-state index contributed by atoms with van der Waals surface area (Å²) in [5.74, 6) is 0.645. The molecule has 1 heterocycles. The van der Waals surface area contributed by atoms with E-state index in [0.717, 1.165) is 49.0 Å². The first kappa shape index (κ1) is 17.0. The topological polar surface area (TPSA) is 40.6 Å². The third-order valence-electron chi connectivity index (χ3n) is 5.42. The lowest BCUT2D eigenvalue weighted by Crippen LogP contribution is -2.39. The molecule has 0 N–H and O–H groups in total. The number of hydrogen-bond acceptors (Lipinski definition) is 2. The van der Waals surface area contributed by atoms with Gasteiger partial charge in [0, 0.05) is 37.7 Å².